The van der Waals surface area contributed by atoms with Gasteiger partial charge in [0.2, 0.25) is 0 Å². The summed E-state index contributed by atoms with van der Waals surface area (Å²) in [7, 11) is -5.08. The Morgan fingerprint density at radius 3 is 1.12 bits per heavy atom. The molecule has 0 unspecified atom stereocenters. The minimum Gasteiger partial charge on any atom is -0.375 e. The van der Waals surface area contributed by atoms with E-state index >= 15 is 0 Å². The molecular formula is C13H14F15O3Si. The van der Waals surface area contributed by atoms with E-state index in [0.29, 0.717) is 0 Å². The SMILES string of the molecule is CCC(F)(F)C(F)(F)C(F)(F)C(F)(F)C(F)(F)C(F)(F)C(F)(F)[C](F)[Si](OC)(OC)OC. The van der Waals surface area contributed by atoms with Crippen LogP contribution in [0.4, 0.5) is 65.9 Å². The van der Waals surface area contributed by atoms with E-state index in [2.05, 4.69) is 13.3 Å². The highest BCUT2D eigenvalue weighted by molar-refractivity contribution is 6.66. The molecule has 0 N–H and O–H groups in total. The average molecular weight is 531 g/mol. The smallest absolute Gasteiger partial charge is 0.375 e. The lowest BCUT2D eigenvalue weighted by Crippen LogP contribution is -2.74. The van der Waals surface area contributed by atoms with Crippen molar-refractivity contribution in [3.63, 3.8) is 0 Å². The Morgan fingerprint density at radius 2 is 0.844 bits per heavy atom. The highest BCUT2D eigenvalue weighted by atomic mass is 28.4. The van der Waals surface area contributed by atoms with Gasteiger partial charge in [0, 0.05) is 27.8 Å². The number of hydrogen-bond donors (Lipinski definition) is 0. The standard InChI is InChI=1S/C13H14F15O3Si/c1-5-7(15,16)9(19,20)11(23,24)13(27,28)12(25,26)10(21,22)8(17,18)6(14)32(29-2,30-3)31-4/h5H2,1-4H3. The van der Waals surface area contributed by atoms with Crippen molar-refractivity contribution in [1.82, 2.24) is 0 Å². The molecule has 1 radical (unpaired) electrons. The first kappa shape index (κ1) is 31.0. The van der Waals surface area contributed by atoms with Crippen LogP contribution in [0.1, 0.15) is 13.3 Å². The normalized spacial score (nSPS) is 16.1. The van der Waals surface area contributed by atoms with Gasteiger partial charge in [0.15, 0.2) is 0 Å². The van der Waals surface area contributed by atoms with E-state index in [1.807, 2.05) is 0 Å². The van der Waals surface area contributed by atoms with Crippen LogP contribution in [-0.4, -0.2) is 71.6 Å². The summed E-state index contributed by atoms with van der Waals surface area (Å²) in [4.78, 5) is 0. The Hall–Kier alpha value is -0.953. The van der Waals surface area contributed by atoms with Crippen molar-refractivity contribution < 1.29 is 79.1 Å². The third-order valence-corrected chi connectivity index (χ3v) is 6.69. The fourth-order valence-electron chi connectivity index (χ4n) is 2.09. The van der Waals surface area contributed by atoms with Gasteiger partial charge in [-0.05, 0) is 0 Å². The van der Waals surface area contributed by atoms with Crippen LogP contribution in [0, 0.1) is 5.79 Å². The highest BCUT2D eigenvalue weighted by Gasteiger charge is 2.94. The Kier molecular flexibility index (Phi) is 8.42. The second kappa shape index (κ2) is 8.68. The van der Waals surface area contributed by atoms with Gasteiger partial charge in [-0.2, -0.15) is 61.5 Å². The molecule has 3 nitrogen and oxygen atoms in total. The summed E-state index contributed by atoms with van der Waals surface area (Å²) in [6, 6.07) is 0. The van der Waals surface area contributed by atoms with Crippen molar-refractivity contribution in [2.75, 3.05) is 21.3 Å². The van der Waals surface area contributed by atoms with E-state index in [-0.39, 0.29) is 28.3 Å². The number of rotatable bonds is 12. The number of hydrogen-bond acceptors (Lipinski definition) is 3. The van der Waals surface area contributed by atoms with Crippen molar-refractivity contribution in [1.29, 1.82) is 0 Å². The average Bonchev–Trinajstić information content (AvgIpc) is 2.68. The second-order valence-corrected chi connectivity index (χ2v) is 8.76. The molecule has 0 aromatic rings. The third-order valence-electron chi connectivity index (χ3n) is 4.23. The number of alkyl halides is 14. The van der Waals surface area contributed by atoms with Crippen molar-refractivity contribution in [2.24, 2.45) is 0 Å². The molecule has 0 aliphatic heterocycles. The predicted octanol–water partition coefficient (Wildman–Crippen LogP) is 5.76. The van der Waals surface area contributed by atoms with E-state index in [4.69, 9.17) is 0 Å². The first-order valence-electron chi connectivity index (χ1n) is 7.73. The Balaban J connectivity index is 6.80. The molecule has 0 amide bonds. The van der Waals surface area contributed by atoms with Crippen molar-refractivity contribution in [3.8, 4) is 0 Å². The molecule has 0 aromatic carbocycles. The van der Waals surface area contributed by atoms with Crippen LogP contribution in [0.15, 0.2) is 0 Å². The molecule has 32 heavy (non-hydrogen) atoms. The summed E-state index contributed by atoms with van der Waals surface area (Å²) in [5.74, 6) is -57.1. The van der Waals surface area contributed by atoms with Gasteiger partial charge in [-0.25, -0.2) is 4.39 Å². The van der Waals surface area contributed by atoms with Crippen molar-refractivity contribution in [3.05, 3.63) is 5.79 Å². The summed E-state index contributed by atoms with van der Waals surface area (Å²) in [5.41, 5.74) is 0. The zero-order valence-corrected chi connectivity index (χ0v) is 17.1. The Labute approximate surface area is 171 Å². The lowest BCUT2D eigenvalue weighted by atomic mass is 9.89. The molecule has 0 saturated carbocycles. The van der Waals surface area contributed by atoms with Gasteiger partial charge in [0.05, 0.1) is 0 Å². The van der Waals surface area contributed by atoms with E-state index < -0.39 is 62.5 Å². The first-order valence-corrected chi connectivity index (χ1v) is 9.46. The molecule has 0 aromatic heterocycles. The molecule has 0 spiro atoms. The molecule has 0 atom stereocenters. The number of halogens is 15. The molecule has 0 saturated heterocycles. The van der Waals surface area contributed by atoms with Crippen LogP contribution < -0.4 is 0 Å². The molecule has 0 fully saturated rings. The molecule has 193 valence electrons. The molecule has 0 aliphatic rings. The van der Waals surface area contributed by atoms with E-state index in [9.17, 15) is 65.9 Å². The van der Waals surface area contributed by atoms with Crippen LogP contribution in [-0.2, 0) is 13.3 Å². The van der Waals surface area contributed by atoms with Gasteiger partial charge in [-0.3, -0.25) is 0 Å². The van der Waals surface area contributed by atoms with Gasteiger partial charge in [0.25, 0.3) is 5.79 Å². The lowest BCUT2D eigenvalue weighted by Gasteiger charge is -2.43. The zero-order valence-electron chi connectivity index (χ0n) is 16.1. The van der Waals surface area contributed by atoms with Crippen LogP contribution in [0.25, 0.3) is 0 Å². The van der Waals surface area contributed by atoms with Crippen LogP contribution in [0.5, 0.6) is 0 Å². The zero-order chi connectivity index (χ0) is 26.4. The van der Waals surface area contributed by atoms with Gasteiger partial charge in [-0.15, -0.1) is 0 Å². The Morgan fingerprint density at radius 1 is 0.562 bits per heavy atom. The summed E-state index contributed by atoms with van der Waals surface area (Å²) in [5, 5.41) is 0. The maximum absolute atomic E-state index is 14.0. The van der Waals surface area contributed by atoms with E-state index in [1.165, 1.54) is 0 Å². The topological polar surface area (TPSA) is 27.7 Å². The predicted molar refractivity (Wildman–Crippen MR) is 76.1 cm³/mol. The van der Waals surface area contributed by atoms with Crippen molar-refractivity contribution in [2.45, 2.75) is 54.8 Å². The summed E-state index contributed by atoms with van der Waals surface area (Å²) in [6.07, 6.45) is -2.38. The molecule has 0 rings (SSSR count). The first-order chi connectivity index (χ1) is 13.9. The fraction of sp³-hybridized carbons (Fsp3) is 0.923. The summed E-state index contributed by atoms with van der Waals surface area (Å²) in [6.45, 7) is 0.0117. The van der Waals surface area contributed by atoms with Crippen LogP contribution in [0.2, 0.25) is 0 Å². The largest absolute Gasteiger partial charge is 0.550 e. The molecule has 0 bridgehead atoms. The van der Waals surface area contributed by atoms with E-state index in [0.717, 1.165) is 0 Å². The highest BCUT2D eigenvalue weighted by Crippen LogP contribution is 2.64. The Bertz CT molecular complexity index is 642. The summed E-state index contributed by atoms with van der Waals surface area (Å²) < 4.78 is 216. The second-order valence-electron chi connectivity index (χ2n) is 5.99. The molecule has 19 heteroatoms. The van der Waals surface area contributed by atoms with Gasteiger partial charge in [0.1, 0.15) is 0 Å². The molecule has 0 heterocycles. The minimum absolute atomic E-state index is 0.0117. The minimum atomic E-state index is -8.28. The lowest BCUT2D eigenvalue weighted by molar-refractivity contribution is -0.440. The van der Waals surface area contributed by atoms with Gasteiger partial charge in [-0.1, -0.05) is 6.92 Å². The van der Waals surface area contributed by atoms with Crippen molar-refractivity contribution >= 4 is 8.80 Å². The van der Waals surface area contributed by atoms with E-state index in [1.54, 1.807) is 0 Å². The van der Waals surface area contributed by atoms with Crippen LogP contribution in [0.3, 0.4) is 0 Å². The maximum atomic E-state index is 14.0. The van der Waals surface area contributed by atoms with Gasteiger partial charge >= 0.3 is 50.3 Å². The van der Waals surface area contributed by atoms with Gasteiger partial charge < -0.3 is 13.3 Å². The van der Waals surface area contributed by atoms with Crippen LogP contribution >= 0.6 is 0 Å². The summed E-state index contributed by atoms with van der Waals surface area (Å²) >= 11 is 0. The quantitative estimate of drug-likeness (QED) is 0.237. The molecule has 0 aliphatic carbocycles. The molecular weight excluding hydrogens is 517 g/mol. The fourth-order valence-corrected chi connectivity index (χ4v) is 3.67. The maximum Gasteiger partial charge on any atom is 0.550 e. The monoisotopic (exact) mass is 531 g/mol. The third kappa shape index (κ3) is 3.85.